The van der Waals surface area contributed by atoms with E-state index in [1.165, 1.54) is 32.1 Å². The minimum atomic E-state index is 0.428. The second kappa shape index (κ2) is 12.1. The van der Waals surface area contributed by atoms with Gasteiger partial charge in [-0.1, -0.05) is 31.1 Å². The van der Waals surface area contributed by atoms with E-state index >= 15 is 0 Å². The van der Waals surface area contributed by atoms with Crippen LogP contribution in [-0.4, -0.2) is 72.2 Å². The molecule has 2 heterocycles. The normalized spacial score (nSPS) is 18.1. The third-order valence-electron chi connectivity index (χ3n) is 7.30. The summed E-state index contributed by atoms with van der Waals surface area (Å²) in [6, 6.07) is 5.25. The van der Waals surface area contributed by atoms with E-state index in [0.29, 0.717) is 31.2 Å². The standard InChI is InChI=1S/C29H43N5O/c1-6-35-27-20-25-26(19-23(27)13-10-16-33(4)5)31-28(22-11-8-7-9-12-22)32-29(25)30-24-14-17-34(18-15-24)21(2)3/h19-22,24H,6-9,11-12,14-18H2,1-5H3,(H,30,31,32). The molecule has 1 aliphatic heterocycles. The molecule has 1 N–H and O–H groups in total. The molecule has 1 saturated heterocycles. The summed E-state index contributed by atoms with van der Waals surface area (Å²) in [5, 5.41) is 4.87. The van der Waals surface area contributed by atoms with Crippen molar-refractivity contribution < 1.29 is 4.74 Å². The molecule has 4 rings (SSSR count). The van der Waals surface area contributed by atoms with Crippen LogP contribution in [0.2, 0.25) is 0 Å². The maximum Gasteiger partial charge on any atom is 0.138 e. The van der Waals surface area contributed by atoms with E-state index in [-0.39, 0.29) is 0 Å². The molecule has 2 aromatic rings. The molecule has 1 aromatic heterocycles. The van der Waals surface area contributed by atoms with Gasteiger partial charge in [-0.05, 0) is 72.7 Å². The van der Waals surface area contributed by atoms with Gasteiger partial charge in [-0.2, -0.15) is 0 Å². The van der Waals surface area contributed by atoms with E-state index in [0.717, 1.165) is 59.8 Å². The van der Waals surface area contributed by atoms with Gasteiger partial charge in [0.05, 0.1) is 24.2 Å². The number of aromatic nitrogens is 2. The number of likely N-dealkylation sites (tertiary alicyclic amines) is 1. The summed E-state index contributed by atoms with van der Waals surface area (Å²) in [4.78, 5) is 14.9. The zero-order chi connectivity index (χ0) is 24.8. The molecule has 0 amide bonds. The Morgan fingerprint density at radius 2 is 1.83 bits per heavy atom. The largest absolute Gasteiger partial charge is 0.493 e. The van der Waals surface area contributed by atoms with E-state index in [9.17, 15) is 0 Å². The monoisotopic (exact) mass is 477 g/mol. The molecule has 1 aromatic carbocycles. The topological polar surface area (TPSA) is 53.5 Å². The Morgan fingerprint density at radius 3 is 2.49 bits per heavy atom. The molecule has 6 heteroatoms. The second-order valence-electron chi connectivity index (χ2n) is 10.7. The Labute approximate surface area is 211 Å². The van der Waals surface area contributed by atoms with Gasteiger partial charge >= 0.3 is 0 Å². The lowest BCUT2D eigenvalue weighted by atomic mass is 9.88. The van der Waals surface area contributed by atoms with Crippen LogP contribution < -0.4 is 10.1 Å². The van der Waals surface area contributed by atoms with Gasteiger partial charge in [0.2, 0.25) is 0 Å². The Kier molecular flexibility index (Phi) is 8.86. The molecule has 0 unspecified atom stereocenters. The molecule has 0 atom stereocenters. The first-order chi connectivity index (χ1) is 16.9. The summed E-state index contributed by atoms with van der Waals surface area (Å²) < 4.78 is 6.03. The average molecular weight is 478 g/mol. The SMILES string of the molecule is CCOc1cc2c(NC3CCN(C(C)C)CC3)nc(C3CCCCC3)nc2cc1C#CCN(C)C. The number of nitrogens with zero attached hydrogens (tertiary/aromatic N) is 4. The van der Waals surface area contributed by atoms with Crippen molar-refractivity contribution >= 4 is 16.7 Å². The number of hydrogen-bond donors (Lipinski definition) is 1. The van der Waals surface area contributed by atoms with Crippen LogP contribution in [0.4, 0.5) is 5.82 Å². The van der Waals surface area contributed by atoms with Crippen molar-refractivity contribution in [2.75, 3.05) is 45.7 Å². The number of nitrogens with one attached hydrogen (secondary N) is 1. The molecule has 0 bridgehead atoms. The fourth-order valence-corrected chi connectivity index (χ4v) is 5.25. The molecular formula is C29H43N5O. The summed E-state index contributed by atoms with van der Waals surface area (Å²) in [5.74, 6) is 9.83. The number of ether oxygens (including phenoxy) is 1. The molecule has 1 aliphatic carbocycles. The predicted molar refractivity (Wildman–Crippen MR) is 145 cm³/mol. The van der Waals surface area contributed by atoms with Crippen molar-refractivity contribution in [3.05, 3.63) is 23.5 Å². The smallest absolute Gasteiger partial charge is 0.138 e. The van der Waals surface area contributed by atoms with E-state index in [2.05, 4.69) is 52.9 Å². The number of piperidine rings is 1. The fourth-order valence-electron chi connectivity index (χ4n) is 5.25. The number of rotatable bonds is 7. The van der Waals surface area contributed by atoms with Gasteiger partial charge in [-0.3, -0.25) is 4.90 Å². The summed E-state index contributed by atoms with van der Waals surface area (Å²) in [6.07, 6.45) is 8.51. The highest BCUT2D eigenvalue weighted by Crippen LogP contribution is 2.35. The number of fused-ring (bicyclic) bond motifs is 1. The van der Waals surface area contributed by atoms with Gasteiger partial charge in [0.25, 0.3) is 0 Å². The highest BCUT2D eigenvalue weighted by Gasteiger charge is 2.24. The lowest BCUT2D eigenvalue weighted by molar-refractivity contribution is 0.177. The highest BCUT2D eigenvalue weighted by molar-refractivity contribution is 5.92. The third kappa shape index (κ3) is 6.65. The van der Waals surface area contributed by atoms with Crippen LogP contribution in [0.15, 0.2) is 12.1 Å². The van der Waals surface area contributed by atoms with Gasteiger partial charge in [-0.15, -0.1) is 0 Å². The first kappa shape index (κ1) is 25.7. The lowest BCUT2D eigenvalue weighted by Crippen LogP contribution is -2.42. The van der Waals surface area contributed by atoms with Gasteiger partial charge in [0.1, 0.15) is 17.4 Å². The third-order valence-corrected chi connectivity index (χ3v) is 7.30. The van der Waals surface area contributed by atoms with Crippen LogP contribution in [0, 0.1) is 11.8 Å². The van der Waals surface area contributed by atoms with E-state index in [4.69, 9.17) is 14.7 Å². The van der Waals surface area contributed by atoms with Crippen molar-refractivity contribution in [2.45, 2.75) is 83.7 Å². The van der Waals surface area contributed by atoms with Gasteiger partial charge in [0, 0.05) is 36.5 Å². The Morgan fingerprint density at radius 1 is 1.09 bits per heavy atom. The molecule has 2 fully saturated rings. The molecule has 6 nitrogen and oxygen atoms in total. The highest BCUT2D eigenvalue weighted by atomic mass is 16.5. The summed E-state index contributed by atoms with van der Waals surface area (Å²) in [7, 11) is 4.07. The number of benzene rings is 1. The van der Waals surface area contributed by atoms with Gasteiger partial charge in [-0.25, -0.2) is 9.97 Å². The zero-order valence-corrected chi connectivity index (χ0v) is 22.4. The van der Waals surface area contributed by atoms with Crippen LogP contribution >= 0.6 is 0 Å². The number of anilines is 1. The van der Waals surface area contributed by atoms with Crippen molar-refractivity contribution in [2.24, 2.45) is 0 Å². The lowest BCUT2D eigenvalue weighted by Gasteiger charge is -2.35. The van der Waals surface area contributed by atoms with Crippen LogP contribution in [-0.2, 0) is 0 Å². The first-order valence-corrected chi connectivity index (χ1v) is 13.6. The second-order valence-corrected chi connectivity index (χ2v) is 10.7. The van der Waals surface area contributed by atoms with Crippen molar-refractivity contribution in [3.63, 3.8) is 0 Å². The van der Waals surface area contributed by atoms with Crippen LogP contribution in [0.5, 0.6) is 5.75 Å². The molecular weight excluding hydrogens is 434 g/mol. The molecule has 35 heavy (non-hydrogen) atoms. The maximum atomic E-state index is 6.03. The predicted octanol–water partition coefficient (Wildman–Crippen LogP) is 5.27. The van der Waals surface area contributed by atoms with Crippen molar-refractivity contribution in [3.8, 4) is 17.6 Å². The Bertz CT molecular complexity index is 1040. The average Bonchev–Trinajstić information content (AvgIpc) is 2.85. The molecule has 2 aliphatic rings. The maximum absolute atomic E-state index is 6.03. The Balaban J connectivity index is 1.71. The van der Waals surface area contributed by atoms with Crippen molar-refractivity contribution in [1.82, 2.24) is 19.8 Å². The summed E-state index contributed by atoms with van der Waals surface area (Å²) in [6.45, 7) is 10.2. The minimum Gasteiger partial charge on any atom is -0.493 e. The van der Waals surface area contributed by atoms with Crippen LogP contribution in [0.1, 0.15) is 83.0 Å². The van der Waals surface area contributed by atoms with E-state index in [1.54, 1.807) is 0 Å². The van der Waals surface area contributed by atoms with E-state index in [1.807, 2.05) is 21.0 Å². The number of hydrogen-bond acceptors (Lipinski definition) is 6. The van der Waals surface area contributed by atoms with Gasteiger partial charge < -0.3 is 15.0 Å². The molecule has 0 radical (unpaired) electrons. The molecule has 0 spiro atoms. The van der Waals surface area contributed by atoms with Crippen LogP contribution in [0.25, 0.3) is 10.9 Å². The quantitative estimate of drug-likeness (QED) is 0.548. The minimum absolute atomic E-state index is 0.428. The Hall–Kier alpha value is -2.36. The van der Waals surface area contributed by atoms with Crippen molar-refractivity contribution in [1.29, 1.82) is 0 Å². The summed E-state index contributed by atoms with van der Waals surface area (Å²) >= 11 is 0. The molecule has 1 saturated carbocycles. The fraction of sp³-hybridized carbons (Fsp3) is 0.655. The van der Waals surface area contributed by atoms with E-state index < -0.39 is 0 Å². The van der Waals surface area contributed by atoms with Crippen LogP contribution in [0.3, 0.4) is 0 Å². The van der Waals surface area contributed by atoms with Gasteiger partial charge in [0.15, 0.2) is 0 Å². The molecule has 190 valence electrons. The zero-order valence-electron chi connectivity index (χ0n) is 22.4. The first-order valence-electron chi connectivity index (χ1n) is 13.6. The summed E-state index contributed by atoms with van der Waals surface area (Å²) in [5.41, 5.74) is 1.88.